The van der Waals surface area contributed by atoms with Gasteiger partial charge in [0.25, 0.3) is 0 Å². The van der Waals surface area contributed by atoms with Crippen molar-refractivity contribution in [1.29, 1.82) is 0 Å². The Kier molecular flexibility index (Phi) is 3.90. The lowest BCUT2D eigenvalue weighted by atomic mass is 9.76. The molecule has 0 atom stereocenters. The van der Waals surface area contributed by atoms with Crippen LogP contribution in [0, 0.1) is 0 Å². The van der Waals surface area contributed by atoms with Crippen molar-refractivity contribution in [3.63, 3.8) is 0 Å². The Hall–Kier alpha value is -2.47. The molecular weight excluding hydrogens is 317 g/mol. The van der Waals surface area contributed by atoms with Gasteiger partial charge in [0.05, 0.1) is 10.2 Å². The van der Waals surface area contributed by atoms with Gasteiger partial charge in [-0.15, -0.1) is 11.3 Å². The molecule has 0 aliphatic carbocycles. The normalized spacial score (nSPS) is 10.9. The number of aromatic nitrogens is 1. The Bertz CT molecular complexity index is 966. The number of thiazole rings is 1. The quantitative estimate of drug-likeness (QED) is 0.566. The van der Waals surface area contributed by atoms with Gasteiger partial charge in [-0.3, -0.25) is 0 Å². The van der Waals surface area contributed by atoms with E-state index in [1.54, 1.807) is 17.4 Å². The number of para-hydroxylation sites is 1. The van der Waals surface area contributed by atoms with E-state index in [2.05, 4.69) is 4.98 Å². The monoisotopic (exact) mass is 331 g/mol. The SMILES string of the molecule is OB(O)c1ccc(-c2ccccc2)cc1-c1nc2ccccc2s1. The number of nitrogens with zero attached hydrogens (tertiary/aromatic N) is 1. The molecular formula is C19H14BNO2S. The number of benzene rings is 3. The molecule has 5 heteroatoms. The van der Waals surface area contributed by atoms with E-state index in [1.165, 1.54) is 0 Å². The second kappa shape index (κ2) is 6.21. The Balaban J connectivity index is 1.91. The van der Waals surface area contributed by atoms with Crippen LogP contribution in [0.4, 0.5) is 0 Å². The molecule has 4 aromatic rings. The average Bonchev–Trinajstić information content (AvgIpc) is 3.06. The van der Waals surface area contributed by atoms with Crippen molar-refractivity contribution < 1.29 is 10.0 Å². The molecule has 0 bridgehead atoms. The van der Waals surface area contributed by atoms with Crippen LogP contribution in [-0.4, -0.2) is 22.2 Å². The fraction of sp³-hybridized carbons (Fsp3) is 0. The third-order valence-electron chi connectivity index (χ3n) is 3.96. The number of fused-ring (bicyclic) bond motifs is 1. The fourth-order valence-corrected chi connectivity index (χ4v) is 3.77. The standard InChI is InChI=1S/C19H14BNO2S/c22-20(23)16-11-10-14(13-6-2-1-3-7-13)12-15(16)19-21-17-8-4-5-9-18(17)24-19/h1-12,22-23H. The van der Waals surface area contributed by atoms with Crippen molar-refractivity contribution in [3.8, 4) is 21.7 Å². The summed E-state index contributed by atoms with van der Waals surface area (Å²) in [5.74, 6) is 0. The lowest BCUT2D eigenvalue weighted by Crippen LogP contribution is -2.31. The van der Waals surface area contributed by atoms with Crippen LogP contribution in [0.25, 0.3) is 31.9 Å². The van der Waals surface area contributed by atoms with Gasteiger partial charge < -0.3 is 10.0 Å². The van der Waals surface area contributed by atoms with E-state index >= 15 is 0 Å². The summed E-state index contributed by atoms with van der Waals surface area (Å²) in [5.41, 5.74) is 4.25. The summed E-state index contributed by atoms with van der Waals surface area (Å²) in [7, 11) is -1.53. The summed E-state index contributed by atoms with van der Waals surface area (Å²) in [6.07, 6.45) is 0. The van der Waals surface area contributed by atoms with Gasteiger partial charge in [0.15, 0.2) is 0 Å². The van der Waals surface area contributed by atoms with E-state index in [0.717, 1.165) is 31.9 Å². The van der Waals surface area contributed by atoms with E-state index in [-0.39, 0.29) is 0 Å². The van der Waals surface area contributed by atoms with E-state index < -0.39 is 7.12 Å². The van der Waals surface area contributed by atoms with Gasteiger partial charge in [-0.2, -0.15) is 0 Å². The Morgan fingerprint density at radius 1 is 0.792 bits per heavy atom. The van der Waals surface area contributed by atoms with E-state index in [0.29, 0.717) is 5.46 Å². The number of rotatable bonds is 3. The summed E-state index contributed by atoms with van der Waals surface area (Å²) in [6.45, 7) is 0. The van der Waals surface area contributed by atoms with Gasteiger partial charge >= 0.3 is 7.12 Å². The first-order valence-electron chi connectivity index (χ1n) is 7.64. The molecule has 0 saturated carbocycles. The zero-order valence-electron chi connectivity index (χ0n) is 12.8. The lowest BCUT2D eigenvalue weighted by molar-refractivity contribution is 0.426. The Morgan fingerprint density at radius 3 is 2.29 bits per heavy atom. The highest BCUT2D eigenvalue weighted by molar-refractivity contribution is 7.21. The van der Waals surface area contributed by atoms with Crippen LogP contribution in [0.5, 0.6) is 0 Å². The molecule has 1 aromatic heterocycles. The zero-order chi connectivity index (χ0) is 16.5. The molecule has 0 fully saturated rings. The molecule has 0 aliphatic heterocycles. The maximum Gasteiger partial charge on any atom is 0.489 e. The summed E-state index contributed by atoms with van der Waals surface area (Å²) >= 11 is 1.55. The van der Waals surface area contributed by atoms with Crippen molar-refractivity contribution in [2.24, 2.45) is 0 Å². The molecule has 0 aliphatic rings. The first-order valence-corrected chi connectivity index (χ1v) is 8.45. The van der Waals surface area contributed by atoms with Crippen molar-refractivity contribution in [1.82, 2.24) is 4.98 Å². The summed E-state index contributed by atoms with van der Waals surface area (Å²) in [5, 5.41) is 20.3. The molecule has 3 aromatic carbocycles. The van der Waals surface area contributed by atoms with Crippen LogP contribution in [0.3, 0.4) is 0 Å². The highest BCUT2D eigenvalue weighted by Gasteiger charge is 2.20. The third-order valence-corrected chi connectivity index (χ3v) is 5.03. The first-order chi connectivity index (χ1) is 11.7. The van der Waals surface area contributed by atoms with Crippen LogP contribution in [0.1, 0.15) is 0 Å². The summed E-state index contributed by atoms with van der Waals surface area (Å²) < 4.78 is 1.08. The fourth-order valence-electron chi connectivity index (χ4n) is 2.76. The van der Waals surface area contributed by atoms with Gasteiger partial charge in [0.1, 0.15) is 5.01 Å². The predicted molar refractivity (Wildman–Crippen MR) is 100 cm³/mol. The molecule has 0 amide bonds. The van der Waals surface area contributed by atoms with E-state index in [4.69, 9.17) is 0 Å². The highest BCUT2D eigenvalue weighted by atomic mass is 32.1. The molecule has 24 heavy (non-hydrogen) atoms. The minimum Gasteiger partial charge on any atom is -0.423 e. The molecule has 116 valence electrons. The maximum absolute atomic E-state index is 9.73. The molecule has 0 radical (unpaired) electrons. The van der Waals surface area contributed by atoms with Crippen LogP contribution < -0.4 is 5.46 Å². The van der Waals surface area contributed by atoms with E-state index in [1.807, 2.05) is 66.7 Å². The third kappa shape index (κ3) is 2.74. The number of hydrogen-bond donors (Lipinski definition) is 2. The Labute approximate surface area is 144 Å². The second-order valence-corrected chi connectivity index (χ2v) is 6.56. The molecule has 3 nitrogen and oxygen atoms in total. The van der Waals surface area contributed by atoms with Crippen LogP contribution in [0.15, 0.2) is 72.8 Å². The highest BCUT2D eigenvalue weighted by Crippen LogP contribution is 2.31. The van der Waals surface area contributed by atoms with E-state index in [9.17, 15) is 10.0 Å². The first kappa shape index (κ1) is 15.1. The van der Waals surface area contributed by atoms with Crippen molar-refractivity contribution in [3.05, 3.63) is 72.8 Å². The molecule has 4 rings (SSSR count). The van der Waals surface area contributed by atoms with Crippen molar-refractivity contribution >= 4 is 34.1 Å². The van der Waals surface area contributed by atoms with Crippen molar-refractivity contribution in [2.45, 2.75) is 0 Å². The molecule has 0 saturated heterocycles. The minimum atomic E-state index is -1.53. The van der Waals surface area contributed by atoms with Gasteiger partial charge in [-0.1, -0.05) is 54.6 Å². The van der Waals surface area contributed by atoms with Crippen LogP contribution in [-0.2, 0) is 0 Å². The second-order valence-electron chi connectivity index (χ2n) is 5.53. The smallest absolute Gasteiger partial charge is 0.423 e. The maximum atomic E-state index is 9.73. The topological polar surface area (TPSA) is 53.4 Å². The molecule has 2 N–H and O–H groups in total. The van der Waals surface area contributed by atoms with Crippen LogP contribution in [0.2, 0.25) is 0 Å². The van der Waals surface area contributed by atoms with Gasteiger partial charge in [-0.05, 0) is 34.8 Å². The predicted octanol–water partition coefficient (Wildman–Crippen LogP) is 3.31. The Morgan fingerprint density at radius 2 is 1.54 bits per heavy atom. The minimum absolute atomic E-state index is 0.466. The summed E-state index contributed by atoms with van der Waals surface area (Å²) in [4.78, 5) is 4.66. The molecule has 0 spiro atoms. The van der Waals surface area contributed by atoms with Crippen LogP contribution >= 0.6 is 11.3 Å². The van der Waals surface area contributed by atoms with Gasteiger partial charge in [0, 0.05) is 5.56 Å². The molecule has 0 unspecified atom stereocenters. The number of hydrogen-bond acceptors (Lipinski definition) is 4. The van der Waals surface area contributed by atoms with Crippen molar-refractivity contribution in [2.75, 3.05) is 0 Å². The summed E-state index contributed by atoms with van der Waals surface area (Å²) in [6, 6.07) is 23.6. The van der Waals surface area contributed by atoms with Gasteiger partial charge in [-0.25, -0.2) is 4.98 Å². The van der Waals surface area contributed by atoms with Gasteiger partial charge in [0.2, 0.25) is 0 Å². The zero-order valence-corrected chi connectivity index (χ0v) is 13.6. The average molecular weight is 331 g/mol. The molecule has 1 heterocycles. The largest absolute Gasteiger partial charge is 0.489 e. The lowest BCUT2D eigenvalue weighted by Gasteiger charge is -2.09.